The zero-order chi connectivity index (χ0) is 20.2. The monoisotopic (exact) mass is 390 g/mol. The number of benzene rings is 1. The zero-order valence-corrected chi connectivity index (χ0v) is 17.0. The molecule has 0 bridgehead atoms. The van der Waals surface area contributed by atoms with E-state index in [0.29, 0.717) is 11.4 Å². The van der Waals surface area contributed by atoms with Gasteiger partial charge in [-0.25, -0.2) is 4.98 Å². The molecule has 0 spiro atoms. The summed E-state index contributed by atoms with van der Waals surface area (Å²) < 4.78 is 5.27. The molecule has 1 fully saturated rings. The fourth-order valence-electron chi connectivity index (χ4n) is 3.89. The molecule has 0 atom stereocenters. The van der Waals surface area contributed by atoms with Gasteiger partial charge >= 0.3 is 0 Å². The van der Waals surface area contributed by atoms with Gasteiger partial charge in [-0.15, -0.1) is 0 Å². The van der Waals surface area contributed by atoms with Crippen LogP contribution in [0.2, 0.25) is 0 Å². The van der Waals surface area contributed by atoms with E-state index < -0.39 is 0 Å². The molecule has 0 unspecified atom stereocenters. The van der Waals surface area contributed by atoms with Crippen molar-refractivity contribution in [2.75, 3.05) is 44.7 Å². The number of hydrogen-bond donors (Lipinski definition) is 1. The summed E-state index contributed by atoms with van der Waals surface area (Å²) in [6.45, 7) is 6.89. The third kappa shape index (κ3) is 4.33. The topological polar surface area (TPSA) is 81.1 Å². The minimum absolute atomic E-state index is 0.619. The summed E-state index contributed by atoms with van der Waals surface area (Å²) in [6.07, 6.45) is 4.18. The first-order chi connectivity index (χ1) is 14.2. The standard InChI is InChI=1S/C22H26N6O/c1-16-12-21(29-2)26-22(25-16)28-10-8-27(9-11-28)7-3-4-18-15-24-20-6-5-17(14-23)13-19(18)20/h5-6,12-13,15,24H,3-4,7-11H2,1-2H3. The number of hydrogen-bond acceptors (Lipinski definition) is 6. The quantitative estimate of drug-likeness (QED) is 0.697. The van der Waals surface area contributed by atoms with Crippen LogP contribution in [0.15, 0.2) is 30.5 Å². The first kappa shape index (κ1) is 19.2. The van der Waals surface area contributed by atoms with Gasteiger partial charge in [0.15, 0.2) is 0 Å². The Morgan fingerprint density at radius 2 is 2.00 bits per heavy atom. The number of aryl methyl sites for hydroxylation is 2. The molecule has 150 valence electrons. The summed E-state index contributed by atoms with van der Waals surface area (Å²) in [5.41, 5.74) is 4.02. The molecule has 4 rings (SSSR count). The predicted molar refractivity (Wildman–Crippen MR) is 113 cm³/mol. The van der Waals surface area contributed by atoms with Crippen LogP contribution >= 0.6 is 0 Å². The van der Waals surface area contributed by atoms with Gasteiger partial charge in [0.1, 0.15) is 0 Å². The molecular formula is C22H26N6O. The highest BCUT2D eigenvalue weighted by Crippen LogP contribution is 2.21. The van der Waals surface area contributed by atoms with Crippen LogP contribution in [0.5, 0.6) is 5.88 Å². The highest BCUT2D eigenvalue weighted by molar-refractivity contribution is 5.84. The number of nitrogens with one attached hydrogen (secondary N) is 1. The second-order valence-corrected chi connectivity index (χ2v) is 7.47. The minimum atomic E-state index is 0.619. The van der Waals surface area contributed by atoms with E-state index >= 15 is 0 Å². The van der Waals surface area contributed by atoms with E-state index in [4.69, 9.17) is 10.00 Å². The minimum Gasteiger partial charge on any atom is -0.481 e. The lowest BCUT2D eigenvalue weighted by molar-refractivity contribution is 0.253. The van der Waals surface area contributed by atoms with Gasteiger partial charge in [0.2, 0.25) is 11.8 Å². The lowest BCUT2D eigenvalue weighted by Crippen LogP contribution is -2.47. The van der Waals surface area contributed by atoms with Gasteiger partial charge in [-0.2, -0.15) is 10.2 Å². The highest BCUT2D eigenvalue weighted by Gasteiger charge is 2.19. The first-order valence-electron chi connectivity index (χ1n) is 10.0. The Morgan fingerprint density at radius 3 is 2.76 bits per heavy atom. The summed E-state index contributed by atoms with van der Waals surface area (Å²) in [7, 11) is 1.64. The van der Waals surface area contributed by atoms with Crippen molar-refractivity contribution in [2.45, 2.75) is 19.8 Å². The smallest absolute Gasteiger partial charge is 0.228 e. The van der Waals surface area contributed by atoms with Gasteiger partial charge in [0, 0.05) is 55.0 Å². The fourth-order valence-corrected chi connectivity index (χ4v) is 3.89. The third-order valence-corrected chi connectivity index (χ3v) is 5.50. The summed E-state index contributed by atoms with van der Waals surface area (Å²) in [5.74, 6) is 1.38. The third-order valence-electron chi connectivity index (χ3n) is 5.50. The molecule has 0 saturated carbocycles. The van der Waals surface area contributed by atoms with E-state index in [0.717, 1.165) is 62.7 Å². The molecule has 1 aromatic carbocycles. The summed E-state index contributed by atoms with van der Waals surface area (Å²) >= 11 is 0. The lowest BCUT2D eigenvalue weighted by atomic mass is 10.1. The molecule has 1 aliphatic heterocycles. The molecule has 3 aromatic rings. The van der Waals surface area contributed by atoms with Crippen molar-refractivity contribution in [3.8, 4) is 11.9 Å². The second-order valence-electron chi connectivity index (χ2n) is 7.47. The lowest BCUT2D eigenvalue weighted by Gasteiger charge is -2.34. The van der Waals surface area contributed by atoms with Crippen LogP contribution in [0, 0.1) is 18.3 Å². The van der Waals surface area contributed by atoms with Crippen molar-refractivity contribution >= 4 is 16.9 Å². The van der Waals surface area contributed by atoms with E-state index in [1.807, 2.05) is 31.2 Å². The molecule has 1 saturated heterocycles. The van der Waals surface area contributed by atoms with Crippen LogP contribution in [0.3, 0.4) is 0 Å². The molecule has 7 nitrogen and oxygen atoms in total. The maximum absolute atomic E-state index is 9.13. The Bertz CT molecular complexity index is 1030. The molecule has 0 amide bonds. The van der Waals surface area contributed by atoms with Crippen LogP contribution in [-0.4, -0.2) is 59.7 Å². The Morgan fingerprint density at radius 1 is 1.17 bits per heavy atom. The fraction of sp³-hybridized carbons (Fsp3) is 0.409. The molecule has 0 radical (unpaired) electrons. The van der Waals surface area contributed by atoms with Gasteiger partial charge in [-0.1, -0.05) is 0 Å². The molecule has 7 heteroatoms. The molecule has 0 aliphatic carbocycles. The predicted octanol–water partition coefficient (Wildman–Crippen LogP) is 2.90. The zero-order valence-electron chi connectivity index (χ0n) is 17.0. The number of ether oxygens (including phenoxy) is 1. The van der Waals surface area contributed by atoms with E-state index in [9.17, 15) is 0 Å². The number of piperazine rings is 1. The molecule has 2 aromatic heterocycles. The second kappa shape index (κ2) is 8.50. The first-order valence-corrected chi connectivity index (χ1v) is 10.0. The van der Waals surface area contributed by atoms with E-state index in [1.54, 1.807) is 7.11 Å². The van der Waals surface area contributed by atoms with E-state index in [-0.39, 0.29) is 0 Å². The molecule has 29 heavy (non-hydrogen) atoms. The van der Waals surface area contributed by atoms with Crippen molar-refractivity contribution < 1.29 is 4.74 Å². The molecule has 1 aliphatic rings. The van der Waals surface area contributed by atoms with Gasteiger partial charge in [0.05, 0.1) is 18.7 Å². The summed E-state index contributed by atoms with van der Waals surface area (Å²) in [5, 5.41) is 10.3. The number of anilines is 1. The van der Waals surface area contributed by atoms with Crippen LogP contribution in [0.4, 0.5) is 5.95 Å². The van der Waals surface area contributed by atoms with Gasteiger partial charge in [-0.05, 0) is 50.1 Å². The number of aromatic amines is 1. The van der Waals surface area contributed by atoms with E-state index in [2.05, 4.69) is 37.0 Å². The summed E-state index contributed by atoms with van der Waals surface area (Å²) in [6, 6.07) is 9.90. The van der Waals surface area contributed by atoms with Crippen LogP contribution < -0.4 is 9.64 Å². The number of nitrogens with zero attached hydrogens (tertiary/aromatic N) is 5. The van der Waals surface area contributed by atoms with Gasteiger partial charge < -0.3 is 14.6 Å². The Hall–Kier alpha value is -3.11. The average molecular weight is 390 g/mol. The van der Waals surface area contributed by atoms with Crippen LogP contribution in [0.25, 0.3) is 10.9 Å². The van der Waals surface area contributed by atoms with Gasteiger partial charge in [-0.3, -0.25) is 4.90 Å². The average Bonchev–Trinajstić information content (AvgIpc) is 3.16. The number of methoxy groups -OCH3 is 1. The van der Waals surface area contributed by atoms with Crippen molar-refractivity contribution in [3.05, 3.63) is 47.3 Å². The number of nitriles is 1. The number of fused-ring (bicyclic) bond motifs is 1. The normalized spacial score (nSPS) is 14.9. The maximum atomic E-state index is 9.13. The molecular weight excluding hydrogens is 364 g/mol. The highest BCUT2D eigenvalue weighted by atomic mass is 16.5. The summed E-state index contributed by atoms with van der Waals surface area (Å²) in [4.78, 5) is 17.1. The SMILES string of the molecule is COc1cc(C)nc(N2CCN(CCCc3c[nH]c4ccc(C#N)cc34)CC2)n1. The number of rotatable bonds is 6. The van der Waals surface area contributed by atoms with Crippen molar-refractivity contribution in [2.24, 2.45) is 0 Å². The van der Waals surface area contributed by atoms with Crippen LogP contribution in [-0.2, 0) is 6.42 Å². The Kier molecular flexibility index (Phi) is 5.63. The number of aromatic nitrogens is 3. The van der Waals surface area contributed by atoms with Gasteiger partial charge in [0.25, 0.3) is 0 Å². The van der Waals surface area contributed by atoms with Crippen molar-refractivity contribution in [1.82, 2.24) is 19.9 Å². The van der Waals surface area contributed by atoms with Crippen molar-refractivity contribution in [1.29, 1.82) is 5.26 Å². The van der Waals surface area contributed by atoms with Crippen LogP contribution in [0.1, 0.15) is 23.2 Å². The molecule has 1 N–H and O–H groups in total. The van der Waals surface area contributed by atoms with E-state index in [1.165, 1.54) is 10.9 Å². The Labute approximate surface area is 170 Å². The number of H-pyrrole nitrogens is 1. The Balaban J connectivity index is 1.30. The largest absolute Gasteiger partial charge is 0.481 e. The maximum Gasteiger partial charge on any atom is 0.228 e. The van der Waals surface area contributed by atoms with Crippen molar-refractivity contribution in [3.63, 3.8) is 0 Å². The molecule has 3 heterocycles.